The van der Waals surface area contributed by atoms with Crippen molar-refractivity contribution in [1.82, 2.24) is 8.86 Å². The van der Waals surface area contributed by atoms with Gasteiger partial charge in [0.1, 0.15) is 0 Å². The van der Waals surface area contributed by atoms with Crippen LogP contribution in [0.5, 0.6) is 0 Å². The van der Waals surface area contributed by atoms with Gasteiger partial charge in [-0.25, -0.2) is 0 Å². The van der Waals surface area contributed by atoms with Crippen LogP contribution in [0.25, 0.3) is 10.1 Å². The van der Waals surface area contributed by atoms with Gasteiger partial charge in [-0.2, -0.15) is 0 Å². The van der Waals surface area contributed by atoms with E-state index in [9.17, 15) is 9.59 Å². The second-order valence-corrected chi connectivity index (χ2v) is 7.90. The Balaban J connectivity index is 1.51. The lowest BCUT2D eigenvalue weighted by Crippen LogP contribution is -2.31. The monoisotopic (exact) mass is 366 g/mol. The number of hydrogen-bond acceptors (Lipinski definition) is 3. The summed E-state index contributed by atoms with van der Waals surface area (Å²) in [6.45, 7) is 2.26. The van der Waals surface area contributed by atoms with Crippen molar-refractivity contribution in [2.75, 3.05) is 13.1 Å². The van der Waals surface area contributed by atoms with E-state index in [0.717, 1.165) is 47.1 Å². The minimum absolute atomic E-state index is 0.0512. The summed E-state index contributed by atoms with van der Waals surface area (Å²) >= 11 is 1.48. The second-order valence-electron chi connectivity index (χ2n) is 6.83. The Morgan fingerprint density at radius 2 is 1.62 bits per heavy atom. The van der Waals surface area contributed by atoms with Crippen LogP contribution in [0, 0.1) is 0 Å². The summed E-state index contributed by atoms with van der Waals surface area (Å²) in [5, 5.41) is 0.769. The van der Waals surface area contributed by atoms with Crippen molar-refractivity contribution in [1.29, 1.82) is 0 Å². The van der Waals surface area contributed by atoms with Gasteiger partial charge in [-0.15, -0.1) is 0 Å². The third-order valence-corrected chi connectivity index (χ3v) is 6.04. The molecule has 0 N–H and O–H groups in total. The number of amides is 1. The summed E-state index contributed by atoms with van der Waals surface area (Å²) < 4.78 is 2.78. The average Bonchev–Trinajstić information content (AvgIpc) is 2.85. The van der Waals surface area contributed by atoms with Crippen LogP contribution in [0.1, 0.15) is 41.6 Å². The summed E-state index contributed by atoms with van der Waals surface area (Å²) in [6.07, 6.45) is 4.62. The van der Waals surface area contributed by atoms with Gasteiger partial charge in [0.05, 0.1) is 16.6 Å². The molecule has 1 amide bonds. The zero-order chi connectivity index (χ0) is 17.9. The molecule has 1 fully saturated rings. The fourth-order valence-corrected chi connectivity index (χ4v) is 4.52. The minimum atomic E-state index is 0.0512. The van der Waals surface area contributed by atoms with Gasteiger partial charge in [-0.05, 0) is 42.7 Å². The lowest BCUT2D eigenvalue weighted by atomic mass is 10.1. The molecule has 3 aromatic rings. The van der Waals surface area contributed by atoms with Crippen LogP contribution in [-0.2, 0) is 6.54 Å². The van der Waals surface area contributed by atoms with Crippen molar-refractivity contribution in [3.05, 3.63) is 70.0 Å². The Bertz CT molecular complexity index is 964. The van der Waals surface area contributed by atoms with E-state index in [1.54, 1.807) is 3.96 Å². The zero-order valence-electron chi connectivity index (χ0n) is 14.7. The van der Waals surface area contributed by atoms with E-state index in [1.807, 2.05) is 53.4 Å². The molecule has 1 aliphatic rings. The quantitative estimate of drug-likeness (QED) is 0.699. The van der Waals surface area contributed by atoms with E-state index in [1.165, 1.54) is 24.4 Å². The van der Waals surface area contributed by atoms with Gasteiger partial charge in [0.2, 0.25) is 0 Å². The van der Waals surface area contributed by atoms with Crippen LogP contribution in [0.15, 0.2) is 53.3 Å². The first-order valence-corrected chi connectivity index (χ1v) is 9.97. The predicted octanol–water partition coefficient (Wildman–Crippen LogP) is 4.13. The normalized spacial score (nSPS) is 15.2. The molecule has 4 nitrogen and oxygen atoms in total. The minimum Gasteiger partial charge on any atom is -0.339 e. The van der Waals surface area contributed by atoms with E-state index >= 15 is 0 Å². The van der Waals surface area contributed by atoms with E-state index in [-0.39, 0.29) is 11.5 Å². The molecule has 134 valence electrons. The van der Waals surface area contributed by atoms with Gasteiger partial charge >= 0.3 is 0 Å². The molecule has 1 saturated heterocycles. The molecule has 5 heteroatoms. The molecule has 0 radical (unpaired) electrons. The number of likely N-dealkylation sites (tertiary alicyclic amines) is 1. The number of rotatable bonds is 3. The number of carbonyl (C=O) groups excluding carboxylic acids is 1. The summed E-state index contributed by atoms with van der Waals surface area (Å²) in [5.74, 6) is 0.123. The fraction of sp³-hybridized carbons (Fsp3) is 0.333. The Morgan fingerprint density at radius 1 is 0.923 bits per heavy atom. The summed E-state index contributed by atoms with van der Waals surface area (Å²) in [6, 6.07) is 15.4. The molecule has 1 aliphatic heterocycles. The first kappa shape index (κ1) is 17.0. The van der Waals surface area contributed by atoms with Crippen LogP contribution in [-0.4, -0.2) is 27.9 Å². The number of aromatic nitrogens is 1. The van der Waals surface area contributed by atoms with E-state index in [0.29, 0.717) is 6.54 Å². The third-order valence-electron chi connectivity index (χ3n) is 4.97. The Hall–Kier alpha value is -2.40. The molecule has 4 rings (SSSR count). The van der Waals surface area contributed by atoms with Crippen LogP contribution in [0.3, 0.4) is 0 Å². The van der Waals surface area contributed by atoms with Gasteiger partial charge in [0.15, 0.2) is 0 Å². The van der Waals surface area contributed by atoms with Crippen molar-refractivity contribution in [2.24, 2.45) is 0 Å². The number of hydrogen-bond donors (Lipinski definition) is 0. The topological polar surface area (TPSA) is 42.3 Å². The molecule has 2 aromatic carbocycles. The number of nitrogens with zero attached hydrogens (tertiary/aromatic N) is 2. The maximum absolute atomic E-state index is 12.7. The van der Waals surface area contributed by atoms with Crippen molar-refractivity contribution >= 4 is 27.5 Å². The molecular formula is C21H22N2O2S. The summed E-state index contributed by atoms with van der Waals surface area (Å²) in [4.78, 5) is 27.1. The fourth-order valence-electron chi connectivity index (χ4n) is 3.50. The van der Waals surface area contributed by atoms with Crippen molar-refractivity contribution in [3.63, 3.8) is 0 Å². The molecule has 26 heavy (non-hydrogen) atoms. The average molecular weight is 366 g/mol. The number of fused-ring (bicyclic) bond motifs is 1. The van der Waals surface area contributed by atoms with Crippen molar-refractivity contribution in [3.8, 4) is 0 Å². The molecule has 2 heterocycles. The predicted molar refractivity (Wildman–Crippen MR) is 106 cm³/mol. The number of carbonyl (C=O) groups is 1. The molecule has 0 unspecified atom stereocenters. The lowest BCUT2D eigenvalue weighted by molar-refractivity contribution is 0.0761. The van der Waals surface area contributed by atoms with Crippen LogP contribution in [0.4, 0.5) is 0 Å². The molecule has 0 spiro atoms. The molecule has 1 aromatic heterocycles. The van der Waals surface area contributed by atoms with Crippen LogP contribution < -0.4 is 5.56 Å². The number of benzene rings is 2. The smallest absolute Gasteiger partial charge is 0.268 e. The van der Waals surface area contributed by atoms with E-state index in [2.05, 4.69) is 0 Å². The third kappa shape index (κ3) is 3.44. The highest BCUT2D eigenvalue weighted by atomic mass is 32.1. The van der Waals surface area contributed by atoms with Gasteiger partial charge in [-0.3, -0.25) is 13.5 Å². The molecule has 0 bridgehead atoms. The van der Waals surface area contributed by atoms with Crippen molar-refractivity contribution in [2.45, 2.75) is 32.2 Å². The Labute approximate surface area is 156 Å². The Kier molecular flexibility index (Phi) is 4.89. The van der Waals surface area contributed by atoms with Gasteiger partial charge in [0, 0.05) is 18.7 Å². The molecule has 0 saturated carbocycles. The molecular weight excluding hydrogens is 344 g/mol. The standard InChI is InChI=1S/C21H22N2O2S/c24-20(22-13-5-1-2-6-14-22)17-11-9-16(10-12-17)15-23-21(25)18-7-3-4-8-19(18)26-23/h3-4,7-12H,1-2,5-6,13-15H2. The largest absolute Gasteiger partial charge is 0.339 e. The lowest BCUT2D eigenvalue weighted by Gasteiger charge is -2.20. The van der Waals surface area contributed by atoms with Gasteiger partial charge in [0.25, 0.3) is 11.5 Å². The van der Waals surface area contributed by atoms with Crippen molar-refractivity contribution < 1.29 is 4.79 Å². The van der Waals surface area contributed by atoms with E-state index in [4.69, 9.17) is 0 Å². The summed E-state index contributed by atoms with van der Waals surface area (Å²) in [7, 11) is 0. The highest BCUT2D eigenvalue weighted by Crippen LogP contribution is 2.18. The SMILES string of the molecule is O=C(c1ccc(Cn2sc3ccccc3c2=O)cc1)N1CCCCCC1. The Morgan fingerprint density at radius 3 is 2.31 bits per heavy atom. The molecule has 0 atom stereocenters. The second kappa shape index (κ2) is 7.46. The maximum Gasteiger partial charge on any atom is 0.268 e. The summed E-state index contributed by atoms with van der Waals surface area (Å²) in [5.41, 5.74) is 1.82. The first-order chi connectivity index (χ1) is 12.7. The zero-order valence-corrected chi connectivity index (χ0v) is 15.5. The van der Waals surface area contributed by atoms with E-state index < -0.39 is 0 Å². The van der Waals surface area contributed by atoms with Gasteiger partial charge in [-0.1, -0.05) is 48.6 Å². The maximum atomic E-state index is 12.7. The highest BCUT2D eigenvalue weighted by Gasteiger charge is 2.17. The highest BCUT2D eigenvalue weighted by molar-refractivity contribution is 7.13. The molecule has 0 aliphatic carbocycles. The van der Waals surface area contributed by atoms with Crippen LogP contribution in [0.2, 0.25) is 0 Å². The van der Waals surface area contributed by atoms with Crippen LogP contribution >= 0.6 is 11.5 Å². The van der Waals surface area contributed by atoms with Gasteiger partial charge < -0.3 is 4.90 Å². The first-order valence-electron chi connectivity index (χ1n) is 9.19.